The zero-order valence-corrected chi connectivity index (χ0v) is 14.2. The summed E-state index contributed by atoms with van der Waals surface area (Å²) in [5, 5.41) is 8.44. The predicted molar refractivity (Wildman–Crippen MR) is 90.5 cm³/mol. The first kappa shape index (κ1) is 15.9. The van der Waals surface area contributed by atoms with Gasteiger partial charge in [0.05, 0.1) is 11.3 Å². The lowest BCUT2D eigenvalue weighted by molar-refractivity contribution is 0.0926. The number of nitrogens with zero attached hydrogens (tertiary/aromatic N) is 4. The quantitative estimate of drug-likeness (QED) is 0.915. The zero-order chi connectivity index (χ0) is 16.4. The molecule has 0 aromatic carbocycles. The van der Waals surface area contributed by atoms with Gasteiger partial charge in [-0.15, -0.1) is 0 Å². The van der Waals surface area contributed by atoms with Gasteiger partial charge in [0, 0.05) is 31.2 Å². The fourth-order valence-corrected chi connectivity index (χ4v) is 3.25. The van der Waals surface area contributed by atoms with Crippen molar-refractivity contribution in [2.75, 3.05) is 19.6 Å². The molecule has 6 heteroatoms. The van der Waals surface area contributed by atoms with E-state index in [0.717, 1.165) is 42.8 Å². The van der Waals surface area contributed by atoms with Crippen molar-refractivity contribution in [1.29, 1.82) is 0 Å². The van der Waals surface area contributed by atoms with Crippen LogP contribution in [0.3, 0.4) is 0 Å². The molecule has 1 amide bonds. The van der Waals surface area contributed by atoms with E-state index in [2.05, 4.69) is 27.2 Å². The Kier molecular flexibility index (Phi) is 4.61. The summed E-state index contributed by atoms with van der Waals surface area (Å²) < 4.78 is 1.74. The van der Waals surface area contributed by atoms with E-state index in [-0.39, 0.29) is 11.9 Å². The highest BCUT2D eigenvalue weighted by Gasteiger charge is 2.19. The predicted octanol–water partition coefficient (Wildman–Crippen LogP) is 1.88. The number of rotatable bonds is 5. The van der Waals surface area contributed by atoms with Crippen LogP contribution in [0.25, 0.3) is 11.0 Å². The van der Waals surface area contributed by atoms with Crippen LogP contribution in [0.15, 0.2) is 12.3 Å². The molecule has 3 heterocycles. The number of amides is 1. The third kappa shape index (κ3) is 3.37. The zero-order valence-electron chi connectivity index (χ0n) is 14.2. The Hall–Kier alpha value is -1.95. The molecule has 124 valence electrons. The summed E-state index contributed by atoms with van der Waals surface area (Å²) in [7, 11) is 1.87. The van der Waals surface area contributed by atoms with Crippen LogP contribution in [-0.2, 0) is 7.05 Å². The maximum absolute atomic E-state index is 12.6. The van der Waals surface area contributed by atoms with Crippen molar-refractivity contribution in [1.82, 2.24) is 25.0 Å². The molecule has 0 aliphatic carbocycles. The first-order valence-corrected chi connectivity index (χ1v) is 8.41. The Morgan fingerprint density at radius 1 is 1.39 bits per heavy atom. The van der Waals surface area contributed by atoms with Crippen LogP contribution in [0, 0.1) is 6.92 Å². The molecule has 1 saturated heterocycles. The topological polar surface area (TPSA) is 63.1 Å². The van der Waals surface area contributed by atoms with Gasteiger partial charge in [-0.05, 0) is 45.3 Å². The van der Waals surface area contributed by atoms with Gasteiger partial charge in [0.15, 0.2) is 5.65 Å². The average molecular weight is 315 g/mol. The Balaban J connectivity index is 1.72. The molecule has 3 rings (SSSR count). The molecule has 1 aliphatic rings. The lowest BCUT2D eigenvalue weighted by Gasteiger charge is -2.23. The van der Waals surface area contributed by atoms with Gasteiger partial charge in [-0.3, -0.25) is 9.48 Å². The number of carbonyl (C=O) groups excluding carboxylic acids is 1. The van der Waals surface area contributed by atoms with Gasteiger partial charge in [0.1, 0.15) is 0 Å². The van der Waals surface area contributed by atoms with Crippen molar-refractivity contribution in [3.63, 3.8) is 0 Å². The summed E-state index contributed by atoms with van der Waals surface area (Å²) in [6, 6.07) is 2.08. The molecule has 6 nitrogen and oxygen atoms in total. The van der Waals surface area contributed by atoms with E-state index < -0.39 is 0 Å². The number of pyridine rings is 1. The molecule has 1 atom stereocenters. The third-order valence-electron chi connectivity index (χ3n) is 4.63. The molecule has 1 unspecified atom stereocenters. The van der Waals surface area contributed by atoms with E-state index in [1.807, 2.05) is 20.0 Å². The SMILES string of the molecule is CCC(CN1CCCC1)NC(=O)c1cnc2c(c1)c(C)nn2C. The van der Waals surface area contributed by atoms with Crippen LogP contribution in [-0.4, -0.2) is 51.2 Å². The molecular formula is C17H25N5O. The van der Waals surface area contributed by atoms with Crippen molar-refractivity contribution in [3.05, 3.63) is 23.5 Å². The second-order valence-electron chi connectivity index (χ2n) is 6.39. The number of hydrogen-bond donors (Lipinski definition) is 1. The average Bonchev–Trinajstić information content (AvgIpc) is 3.15. The normalized spacial score (nSPS) is 16.8. The van der Waals surface area contributed by atoms with Crippen molar-refractivity contribution >= 4 is 16.9 Å². The summed E-state index contributed by atoms with van der Waals surface area (Å²) in [6.07, 6.45) is 5.11. The molecule has 2 aromatic heterocycles. The number of nitrogens with one attached hydrogen (secondary N) is 1. The number of carbonyl (C=O) groups is 1. The summed E-state index contributed by atoms with van der Waals surface area (Å²) in [5.74, 6) is -0.0475. The molecule has 1 N–H and O–H groups in total. The van der Waals surface area contributed by atoms with Crippen molar-refractivity contribution < 1.29 is 4.79 Å². The number of likely N-dealkylation sites (tertiary alicyclic amines) is 1. The van der Waals surface area contributed by atoms with E-state index in [9.17, 15) is 4.79 Å². The van der Waals surface area contributed by atoms with Crippen LogP contribution in [0.5, 0.6) is 0 Å². The maximum atomic E-state index is 12.6. The maximum Gasteiger partial charge on any atom is 0.253 e. The Morgan fingerprint density at radius 2 is 2.13 bits per heavy atom. The monoisotopic (exact) mass is 315 g/mol. The fourth-order valence-electron chi connectivity index (χ4n) is 3.25. The molecule has 0 bridgehead atoms. The first-order valence-electron chi connectivity index (χ1n) is 8.41. The summed E-state index contributed by atoms with van der Waals surface area (Å²) >= 11 is 0. The highest BCUT2D eigenvalue weighted by atomic mass is 16.1. The van der Waals surface area contributed by atoms with Crippen LogP contribution < -0.4 is 5.32 Å². The number of fused-ring (bicyclic) bond motifs is 1. The van der Waals surface area contributed by atoms with Gasteiger partial charge in [-0.2, -0.15) is 5.10 Å². The number of hydrogen-bond acceptors (Lipinski definition) is 4. The summed E-state index contributed by atoms with van der Waals surface area (Å²) in [6.45, 7) is 7.29. The summed E-state index contributed by atoms with van der Waals surface area (Å²) in [4.78, 5) is 19.4. The minimum absolute atomic E-state index is 0.0475. The van der Waals surface area contributed by atoms with Gasteiger partial charge in [-0.25, -0.2) is 4.98 Å². The lowest BCUT2D eigenvalue weighted by atomic mass is 10.1. The van der Waals surface area contributed by atoms with Crippen LogP contribution in [0.2, 0.25) is 0 Å². The van der Waals surface area contributed by atoms with Gasteiger partial charge < -0.3 is 10.2 Å². The molecule has 1 fully saturated rings. The Morgan fingerprint density at radius 3 is 2.83 bits per heavy atom. The van der Waals surface area contributed by atoms with E-state index >= 15 is 0 Å². The second kappa shape index (κ2) is 6.66. The highest BCUT2D eigenvalue weighted by Crippen LogP contribution is 2.17. The van der Waals surface area contributed by atoms with Gasteiger partial charge in [0.2, 0.25) is 0 Å². The minimum Gasteiger partial charge on any atom is -0.348 e. The molecule has 0 radical (unpaired) electrons. The van der Waals surface area contributed by atoms with Gasteiger partial charge in [-0.1, -0.05) is 6.92 Å². The number of aryl methyl sites for hydroxylation is 2. The fraction of sp³-hybridized carbons (Fsp3) is 0.588. The van der Waals surface area contributed by atoms with Crippen molar-refractivity contribution in [3.8, 4) is 0 Å². The molecule has 23 heavy (non-hydrogen) atoms. The standard InChI is InChI=1S/C17H25N5O/c1-4-14(11-22-7-5-6-8-22)19-17(23)13-9-15-12(2)20-21(3)16(15)18-10-13/h9-10,14H,4-8,11H2,1-3H3,(H,19,23). The smallest absolute Gasteiger partial charge is 0.253 e. The van der Waals surface area contributed by atoms with Crippen molar-refractivity contribution in [2.45, 2.75) is 39.2 Å². The van der Waals surface area contributed by atoms with E-state index in [0.29, 0.717) is 5.56 Å². The second-order valence-corrected chi connectivity index (χ2v) is 6.39. The van der Waals surface area contributed by atoms with Crippen LogP contribution in [0.1, 0.15) is 42.2 Å². The largest absolute Gasteiger partial charge is 0.348 e. The Labute approximate surface area is 136 Å². The first-order chi connectivity index (χ1) is 11.1. The van der Waals surface area contributed by atoms with E-state index in [4.69, 9.17) is 0 Å². The van der Waals surface area contributed by atoms with Crippen LogP contribution in [0.4, 0.5) is 0 Å². The third-order valence-corrected chi connectivity index (χ3v) is 4.63. The van der Waals surface area contributed by atoms with E-state index in [1.54, 1.807) is 10.9 Å². The molecule has 1 aliphatic heterocycles. The highest BCUT2D eigenvalue weighted by molar-refractivity contribution is 5.97. The number of aromatic nitrogens is 3. The summed E-state index contributed by atoms with van der Waals surface area (Å²) in [5.41, 5.74) is 2.31. The molecular weight excluding hydrogens is 290 g/mol. The minimum atomic E-state index is -0.0475. The lowest BCUT2D eigenvalue weighted by Crippen LogP contribution is -2.42. The molecule has 2 aromatic rings. The molecule has 0 spiro atoms. The molecule has 0 saturated carbocycles. The van der Waals surface area contributed by atoms with Gasteiger partial charge in [0.25, 0.3) is 5.91 Å². The Bertz CT molecular complexity index is 702. The van der Waals surface area contributed by atoms with Crippen LogP contribution >= 0.6 is 0 Å². The van der Waals surface area contributed by atoms with Crippen molar-refractivity contribution in [2.24, 2.45) is 7.05 Å². The van der Waals surface area contributed by atoms with Gasteiger partial charge >= 0.3 is 0 Å². The van der Waals surface area contributed by atoms with E-state index in [1.165, 1.54) is 12.8 Å².